The molecule has 1 heterocycles. The van der Waals surface area contributed by atoms with Crippen LogP contribution in [0, 0.1) is 0 Å². The van der Waals surface area contributed by atoms with Crippen molar-refractivity contribution in [2.45, 2.75) is 6.54 Å². The lowest BCUT2D eigenvalue weighted by molar-refractivity contribution is 0.228. The van der Waals surface area contributed by atoms with Crippen LogP contribution in [0.5, 0.6) is 17.2 Å². The summed E-state index contributed by atoms with van der Waals surface area (Å²) in [6, 6.07) is 1.75. The molecule has 1 aliphatic heterocycles. The van der Waals surface area contributed by atoms with Crippen LogP contribution < -0.4 is 19.5 Å². The Balaban J connectivity index is 2.36. The van der Waals surface area contributed by atoms with E-state index in [0.29, 0.717) is 22.3 Å². The number of nitrogens with zero attached hydrogens (tertiary/aromatic N) is 1. The molecule has 112 valence electrons. The molecule has 5 nitrogen and oxygen atoms in total. The van der Waals surface area contributed by atoms with Gasteiger partial charge in [-0.2, -0.15) is 0 Å². The van der Waals surface area contributed by atoms with Crippen molar-refractivity contribution >= 4 is 11.6 Å². The number of piperazine rings is 1. The molecule has 1 aromatic carbocycles. The van der Waals surface area contributed by atoms with Gasteiger partial charge in [-0.05, 0) is 0 Å². The highest BCUT2D eigenvalue weighted by Gasteiger charge is 2.22. The van der Waals surface area contributed by atoms with Gasteiger partial charge >= 0.3 is 0 Å². The molecule has 0 bridgehead atoms. The number of ether oxygens (including phenoxy) is 3. The quantitative estimate of drug-likeness (QED) is 0.898. The van der Waals surface area contributed by atoms with Gasteiger partial charge in [-0.15, -0.1) is 0 Å². The van der Waals surface area contributed by atoms with E-state index in [9.17, 15) is 0 Å². The number of nitrogens with one attached hydrogen (secondary N) is 1. The highest BCUT2D eigenvalue weighted by molar-refractivity contribution is 6.33. The highest BCUT2D eigenvalue weighted by atomic mass is 35.5. The Morgan fingerprint density at radius 3 is 2.30 bits per heavy atom. The van der Waals surface area contributed by atoms with Crippen LogP contribution in [0.1, 0.15) is 5.56 Å². The lowest BCUT2D eigenvalue weighted by Gasteiger charge is -2.28. The second-order valence-electron chi connectivity index (χ2n) is 4.63. The Kier molecular flexibility index (Phi) is 5.34. The zero-order chi connectivity index (χ0) is 14.5. The molecule has 0 aromatic heterocycles. The Morgan fingerprint density at radius 1 is 1.10 bits per heavy atom. The first kappa shape index (κ1) is 15.2. The van der Waals surface area contributed by atoms with Gasteiger partial charge in [-0.1, -0.05) is 11.6 Å². The lowest BCUT2D eigenvalue weighted by Crippen LogP contribution is -2.43. The first-order chi connectivity index (χ1) is 9.71. The average molecular weight is 301 g/mol. The number of hydrogen-bond donors (Lipinski definition) is 1. The van der Waals surface area contributed by atoms with Gasteiger partial charge in [-0.3, -0.25) is 4.90 Å². The number of halogens is 1. The largest absolute Gasteiger partial charge is 0.495 e. The summed E-state index contributed by atoms with van der Waals surface area (Å²) in [7, 11) is 4.84. The molecule has 0 unspecified atom stereocenters. The molecule has 0 amide bonds. The van der Waals surface area contributed by atoms with Gasteiger partial charge in [0.25, 0.3) is 0 Å². The summed E-state index contributed by atoms with van der Waals surface area (Å²) < 4.78 is 16.2. The van der Waals surface area contributed by atoms with E-state index in [-0.39, 0.29) is 0 Å². The third-order valence-corrected chi connectivity index (χ3v) is 3.89. The molecular formula is C14H21ClN2O3. The maximum absolute atomic E-state index is 6.44. The first-order valence-electron chi connectivity index (χ1n) is 6.61. The molecule has 1 fully saturated rings. The van der Waals surface area contributed by atoms with Crippen molar-refractivity contribution in [3.05, 3.63) is 16.7 Å². The minimum absolute atomic E-state index is 0.587. The van der Waals surface area contributed by atoms with E-state index in [1.54, 1.807) is 27.4 Å². The fourth-order valence-electron chi connectivity index (χ4n) is 2.40. The summed E-state index contributed by atoms with van der Waals surface area (Å²) in [4.78, 5) is 2.33. The summed E-state index contributed by atoms with van der Waals surface area (Å²) in [6.45, 7) is 4.66. The number of methoxy groups -OCH3 is 3. The second-order valence-corrected chi connectivity index (χ2v) is 5.01. The van der Waals surface area contributed by atoms with E-state index in [0.717, 1.165) is 38.3 Å². The maximum atomic E-state index is 6.44. The Hall–Kier alpha value is -1.17. The summed E-state index contributed by atoms with van der Waals surface area (Å²) in [5, 5.41) is 3.92. The van der Waals surface area contributed by atoms with Crippen molar-refractivity contribution in [3.8, 4) is 17.2 Å². The van der Waals surface area contributed by atoms with Crippen LogP contribution in [0.25, 0.3) is 0 Å². The molecule has 1 saturated heterocycles. The molecule has 0 aliphatic carbocycles. The molecular weight excluding hydrogens is 280 g/mol. The standard InChI is InChI=1S/C14H21ClN2O3/c1-18-11-8-12(19-2)14(20-3)10(13(11)15)9-17-6-4-16-5-7-17/h8,16H,4-7,9H2,1-3H3. The molecule has 1 N–H and O–H groups in total. The molecule has 0 spiro atoms. The van der Waals surface area contributed by atoms with Gasteiger partial charge in [0.05, 0.1) is 26.4 Å². The summed E-state index contributed by atoms with van der Waals surface area (Å²) in [5.74, 6) is 1.92. The molecule has 0 radical (unpaired) electrons. The summed E-state index contributed by atoms with van der Waals surface area (Å²) in [6.07, 6.45) is 0. The van der Waals surface area contributed by atoms with E-state index >= 15 is 0 Å². The van der Waals surface area contributed by atoms with Crippen molar-refractivity contribution in [1.82, 2.24) is 10.2 Å². The molecule has 0 saturated carbocycles. The van der Waals surface area contributed by atoms with Crippen LogP contribution in [0.2, 0.25) is 5.02 Å². The van der Waals surface area contributed by atoms with Crippen molar-refractivity contribution in [3.63, 3.8) is 0 Å². The van der Waals surface area contributed by atoms with Crippen molar-refractivity contribution in [1.29, 1.82) is 0 Å². The molecule has 20 heavy (non-hydrogen) atoms. The predicted octanol–water partition coefficient (Wildman–Crippen LogP) is 1.77. The molecule has 1 aromatic rings. The van der Waals surface area contributed by atoms with Gasteiger partial charge in [0.2, 0.25) is 0 Å². The van der Waals surface area contributed by atoms with Gasteiger partial charge in [0.15, 0.2) is 11.5 Å². The van der Waals surface area contributed by atoms with Crippen LogP contribution in [-0.2, 0) is 6.54 Å². The fourth-order valence-corrected chi connectivity index (χ4v) is 2.68. The third-order valence-electron chi connectivity index (χ3n) is 3.48. The second kappa shape index (κ2) is 7.02. The van der Waals surface area contributed by atoms with E-state index in [2.05, 4.69) is 10.2 Å². The topological polar surface area (TPSA) is 43.0 Å². The normalized spacial score (nSPS) is 16.0. The minimum atomic E-state index is 0.587. The van der Waals surface area contributed by atoms with Crippen molar-refractivity contribution < 1.29 is 14.2 Å². The lowest BCUT2D eigenvalue weighted by atomic mass is 10.1. The number of benzene rings is 1. The van der Waals surface area contributed by atoms with Gasteiger partial charge < -0.3 is 19.5 Å². The molecule has 1 aliphatic rings. The number of rotatable bonds is 5. The van der Waals surface area contributed by atoms with Gasteiger partial charge in [0, 0.05) is 44.4 Å². The monoisotopic (exact) mass is 300 g/mol. The van der Waals surface area contributed by atoms with E-state index < -0.39 is 0 Å². The van der Waals surface area contributed by atoms with Crippen LogP contribution in [0.4, 0.5) is 0 Å². The minimum Gasteiger partial charge on any atom is -0.495 e. The first-order valence-corrected chi connectivity index (χ1v) is 6.99. The average Bonchev–Trinajstić information content (AvgIpc) is 2.50. The Labute approximate surface area is 124 Å². The van der Waals surface area contributed by atoms with Gasteiger partial charge in [-0.25, -0.2) is 0 Å². The SMILES string of the molecule is COc1cc(OC)c(OC)c(CN2CCNCC2)c1Cl. The van der Waals surface area contributed by atoms with E-state index in [1.807, 2.05) is 0 Å². The Bertz CT molecular complexity index is 462. The fraction of sp³-hybridized carbons (Fsp3) is 0.571. The predicted molar refractivity (Wildman–Crippen MR) is 79.3 cm³/mol. The van der Waals surface area contributed by atoms with E-state index in [4.69, 9.17) is 25.8 Å². The highest BCUT2D eigenvalue weighted by Crippen LogP contribution is 2.42. The van der Waals surface area contributed by atoms with Crippen LogP contribution in [-0.4, -0.2) is 52.4 Å². The van der Waals surface area contributed by atoms with Crippen molar-refractivity contribution in [2.24, 2.45) is 0 Å². The summed E-state index contributed by atoms with van der Waals surface area (Å²) in [5.41, 5.74) is 0.910. The third kappa shape index (κ3) is 3.11. The summed E-state index contributed by atoms with van der Waals surface area (Å²) >= 11 is 6.44. The molecule has 0 atom stereocenters. The van der Waals surface area contributed by atoms with Crippen LogP contribution in [0.15, 0.2) is 6.07 Å². The van der Waals surface area contributed by atoms with Gasteiger partial charge in [0.1, 0.15) is 5.75 Å². The van der Waals surface area contributed by atoms with Crippen LogP contribution in [0.3, 0.4) is 0 Å². The molecule has 6 heteroatoms. The smallest absolute Gasteiger partial charge is 0.166 e. The zero-order valence-electron chi connectivity index (χ0n) is 12.2. The molecule has 2 rings (SSSR count). The van der Waals surface area contributed by atoms with Crippen LogP contribution >= 0.6 is 11.6 Å². The number of hydrogen-bond acceptors (Lipinski definition) is 5. The zero-order valence-corrected chi connectivity index (χ0v) is 12.9. The van der Waals surface area contributed by atoms with E-state index in [1.165, 1.54) is 0 Å². The van der Waals surface area contributed by atoms with Crippen molar-refractivity contribution in [2.75, 3.05) is 47.5 Å². The maximum Gasteiger partial charge on any atom is 0.166 e. The Morgan fingerprint density at radius 2 is 1.75 bits per heavy atom.